The van der Waals surface area contributed by atoms with Gasteiger partial charge < -0.3 is 0 Å². The van der Waals surface area contributed by atoms with E-state index in [2.05, 4.69) is 31.9 Å². The highest BCUT2D eigenvalue weighted by molar-refractivity contribution is 9.12. The molecule has 0 nitrogen and oxygen atoms in total. The van der Waals surface area contributed by atoms with Crippen molar-refractivity contribution < 1.29 is 0 Å². The first kappa shape index (κ1) is 9.51. The highest BCUT2D eigenvalue weighted by Crippen LogP contribution is 2.43. The van der Waals surface area contributed by atoms with Gasteiger partial charge in [0.2, 0.25) is 0 Å². The summed E-state index contributed by atoms with van der Waals surface area (Å²) < 4.78 is 0. The molecule has 12 heavy (non-hydrogen) atoms. The lowest BCUT2D eigenvalue weighted by Crippen LogP contribution is -2.36. The molecule has 0 aliphatic heterocycles. The fourth-order valence-electron chi connectivity index (χ4n) is 2.04. The summed E-state index contributed by atoms with van der Waals surface area (Å²) in [6, 6.07) is 0. The summed E-state index contributed by atoms with van der Waals surface area (Å²) in [5, 5.41) is 0. The Hall–Kier alpha value is 0.960. The van der Waals surface area contributed by atoms with E-state index in [9.17, 15) is 0 Å². The van der Waals surface area contributed by atoms with Crippen molar-refractivity contribution in [2.24, 2.45) is 11.8 Å². The van der Waals surface area contributed by atoms with Gasteiger partial charge in [-0.3, -0.25) is 0 Å². The molecule has 0 aromatic heterocycles. The van der Waals surface area contributed by atoms with Gasteiger partial charge in [-0.2, -0.15) is 0 Å². The lowest BCUT2D eigenvalue weighted by molar-refractivity contribution is 0.247. The van der Waals surface area contributed by atoms with Crippen LogP contribution in [0.5, 0.6) is 0 Å². The normalized spacial score (nSPS) is 30.5. The molecule has 2 rings (SSSR count). The van der Waals surface area contributed by atoms with Crippen LogP contribution in [0.25, 0.3) is 0 Å². The second-order valence-electron chi connectivity index (χ2n) is 4.27. The average Bonchev–Trinajstić information content (AvgIpc) is 1.79. The van der Waals surface area contributed by atoms with Crippen molar-refractivity contribution in [3.63, 3.8) is 0 Å². The molecule has 0 amide bonds. The van der Waals surface area contributed by atoms with E-state index in [1.807, 2.05) is 0 Å². The monoisotopic (exact) mass is 294 g/mol. The summed E-state index contributed by atoms with van der Waals surface area (Å²) in [6.07, 6.45) is 8.71. The zero-order valence-electron chi connectivity index (χ0n) is 7.31. The van der Waals surface area contributed by atoms with Gasteiger partial charge in [0.05, 0.1) is 0 Å². The molecule has 0 radical (unpaired) electrons. The van der Waals surface area contributed by atoms with Crippen LogP contribution in [0.15, 0.2) is 0 Å². The van der Waals surface area contributed by atoms with Crippen molar-refractivity contribution in [3.05, 3.63) is 0 Å². The van der Waals surface area contributed by atoms with E-state index in [1.165, 1.54) is 38.5 Å². The molecular formula is C10H16Br2. The minimum Gasteiger partial charge on any atom is -0.0875 e. The van der Waals surface area contributed by atoms with Crippen molar-refractivity contribution in [1.82, 2.24) is 0 Å². The zero-order valence-corrected chi connectivity index (χ0v) is 10.5. The highest BCUT2D eigenvalue weighted by atomic mass is 79.9. The molecule has 2 heteroatoms. The molecule has 0 aromatic carbocycles. The van der Waals surface area contributed by atoms with Crippen molar-refractivity contribution in [3.8, 4) is 0 Å². The Balaban J connectivity index is 1.80. The van der Waals surface area contributed by atoms with Gasteiger partial charge in [-0.05, 0) is 37.5 Å². The molecule has 2 fully saturated rings. The molecular weight excluding hydrogens is 280 g/mol. The van der Waals surface area contributed by atoms with Crippen LogP contribution in [0.3, 0.4) is 0 Å². The smallest absolute Gasteiger partial charge is 0.0302 e. The van der Waals surface area contributed by atoms with Gasteiger partial charge >= 0.3 is 0 Å². The maximum Gasteiger partial charge on any atom is 0.0302 e. The van der Waals surface area contributed by atoms with E-state index in [-0.39, 0.29) is 0 Å². The van der Waals surface area contributed by atoms with E-state index < -0.39 is 0 Å². The molecule has 0 saturated heterocycles. The summed E-state index contributed by atoms with van der Waals surface area (Å²) in [5.74, 6) is 1.94. The Morgan fingerprint density at radius 1 is 0.750 bits per heavy atom. The molecule has 70 valence electrons. The minimum absolute atomic E-state index is 0.747. The highest BCUT2D eigenvalue weighted by Gasteiger charge is 2.36. The number of hydrogen-bond acceptors (Lipinski definition) is 0. The van der Waals surface area contributed by atoms with Crippen LogP contribution in [-0.2, 0) is 0 Å². The molecule has 0 heterocycles. The number of rotatable bonds is 3. The van der Waals surface area contributed by atoms with Crippen LogP contribution in [-0.4, -0.2) is 9.65 Å². The maximum absolute atomic E-state index is 3.85. The van der Waals surface area contributed by atoms with Gasteiger partial charge in [-0.15, -0.1) is 0 Å². The Bertz CT molecular complexity index is 132. The van der Waals surface area contributed by atoms with Crippen LogP contribution in [0.4, 0.5) is 0 Å². The SMILES string of the molecule is Br[C@H](C1CCC1)[C@@H](Br)C1CCC1. The number of halogens is 2. The summed E-state index contributed by atoms with van der Waals surface area (Å²) in [5.41, 5.74) is 0. The molecule has 2 atom stereocenters. The first-order chi connectivity index (χ1) is 5.79. The predicted molar refractivity (Wildman–Crippen MR) is 60.1 cm³/mol. The van der Waals surface area contributed by atoms with E-state index >= 15 is 0 Å². The van der Waals surface area contributed by atoms with Gasteiger partial charge in [0.15, 0.2) is 0 Å². The second kappa shape index (κ2) is 4.00. The molecule has 0 spiro atoms. The van der Waals surface area contributed by atoms with Crippen LogP contribution >= 0.6 is 31.9 Å². The molecule has 2 aliphatic rings. The molecule has 0 unspecified atom stereocenters. The van der Waals surface area contributed by atoms with Gasteiger partial charge in [0.25, 0.3) is 0 Å². The van der Waals surface area contributed by atoms with Crippen LogP contribution in [0.2, 0.25) is 0 Å². The van der Waals surface area contributed by atoms with Crippen LogP contribution in [0.1, 0.15) is 38.5 Å². The van der Waals surface area contributed by atoms with Crippen LogP contribution in [0, 0.1) is 11.8 Å². The topological polar surface area (TPSA) is 0 Å². The summed E-state index contributed by atoms with van der Waals surface area (Å²) in [6.45, 7) is 0. The van der Waals surface area contributed by atoms with Crippen molar-refractivity contribution in [1.29, 1.82) is 0 Å². The summed E-state index contributed by atoms with van der Waals surface area (Å²) >= 11 is 7.70. The Morgan fingerprint density at radius 3 is 1.25 bits per heavy atom. The zero-order chi connectivity index (χ0) is 8.55. The molecule has 0 aromatic rings. The fourth-order valence-corrected chi connectivity index (χ4v) is 3.96. The van der Waals surface area contributed by atoms with Crippen LogP contribution < -0.4 is 0 Å². The standard InChI is InChI=1S/C10H16Br2/c11-9(7-3-1-4-7)10(12)8-5-2-6-8/h7-10H,1-6H2/t9-,10+. The van der Waals surface area contributed by atoms with E-state index in [4.69, 9.17) is 0 Å². The maximum atomic E-state index is 3.85. The van der Waals surface area contributed by atoms with Gasteiger partial charge in [0, 0.05) is 9.65 Å². The van der Waals surface area contributed by atoms with Gasteiger partial charge in [-0.1, -0.05) is 44.7 Å². The lowest BCUT2D eigenvalue weighted by atomic mass is 9.75. The first-order valence-electron chi connectivity index (χ1n) is 5.07. The summed E-state index contributed by atoms with van der Waals surface area (Å²) in [7, 11) is 0. The third-order valence-corrected chi connectivity index (χ3v) is 6.85. The summed E-state index contributed by atoms with van der Waals surface area (Å²) in [4.78, 5) is 1.49. The first-order valence-corrected chi connectivity index (χ1v) is 6.90. The van der Waals surface area contributed by atoms with E-state index in [0.717, 1.165) is 21.5 Å². The Kier molecular flexibility index (Phi) is 3.17. The van der Waals surface area contributed by atoms with Gasteiger partial charge in [-0.25, -0.2) is 0 Å². The Labute approximate surface area is 91.7 Å². The van der Waals surface area contributed by atoms with Crippen molar-refractivity contribution >= 4 is 31.9 Å². The van der Waals surface area contributed by atoms with E-state index in [0.29, 0.717) is 0 Å². The van der Waals surface area contributed by atoms with E-state index in [1.54, 1.807) is 0 Å². The lowest BCUT2D eigenvalue weighted by Gasteiger charge is -2.39. The molecule has 0 bridgehead atoms. The van der Waals surface area contributed by atoms with Gasteiger partial charge in [0.1, 0.15) is 0 Å². The minimum atomic E-state index is 0.747. The molecule has 2 saturated carbocycles. The molecule has 2 aliphatic carbocycles. The fraction of sp³-hybridized carbons (Fsp3) is 1.00. The Morgan fingerprint density at radius 2 is 1.08 bits per heavy atom. The van der Waals surface area contributed by atoms with Crippen molar-refractivity contribution in [2.45, 2.75) is 48.2 Å². The number of hydrogen-bond donors (Lipinski definition) is 0. The predicted octanol–water partition coefficient (Wildman–Crippen LogP) is 4.11. The quantitative estimate of drug-likeness (QED) is 0.687. The van der Waals surface area contributed by atoms with Crippen molar-refractivity contribution in [2.75, 3.05) is 0 Å². The number of alkyl halides is 2. The molecule has 0 N–H and O–H groups in total. The largest absolute Gasteiger partial charge is 0.0875 e. The average molecular weight is 296 g/mol. The second-order valence-corrected chi connectivity index (χ2v) is 6.39. The third-order valence-electron chi connectivity index (χ3n) is 3.50. The third kappa shape index (κ3) is 1.75.